The van der Waals surface area contributed by atoms with Gasteiger partial charge in [0.15, 0.2) is 34.5 Å². The lowest BCUT2D eigenvalue weighted by molar-refractivity contribution is 0.0944. The Morgan fingerprint density at radius 1 is 0.478 bits per heavy atom. The van der Waals surface area contributed by atoms with E-state index in [0.29, 0.717) is 70.8 Å². The summed E-state index contributed by atoms with van der Waals surface area (Å²) >= 11 is 0. The Balaban J connectivity index is 1.66. The average Bonchev–Trinajstić information content (AvgIpc) is 3.09. The van der Waals surface area contributed by atoms with Gasteiger partial charge in [0, 0.05) is 39.3 Å². The molecule has 0 unspecified atom stereocenters. The Labute approximate surface area is 269 Å². The topological polar surface area (TPSA) is 146 Å². The van der Waals surface area contributed by atoms with Crippen LogP contribution in [0.5, 0.6) is 34.5 Å². The second-order valence-electron chi connectivity index (χ2n) is 9.73. The van der Waals surface area contributed by atoms with E-state index in [-0.39, 0.29) is 37.4 Å². The van der Waals surface area contributed by atoms with Gasteiger partial charge < -0.3 is 44.4 Å². The summed E-state index contributed by atoms with van der Waals surface area (Å²) in [5.74, 6) is 1.38. The van der Waals surface area contributed by atoms with Crippen LogP contribution in [0.15, 0.2) is 54.6 Å². The van der Waals surface area contributed by atoms with Crippen LogP contribution in [-0.4, -0.2) is 105 Å². The molecule has 0 aliphatic carbocycles. The quantitative estimate of drug-likeness (QED) is 0.190. The number of rotatable bonds is 18. The highest BCUT2D eigenvalue weighted by Crippen LogP contribution is 2.32. The first-order valence-corrected chi connectivity index (χ1v) is 14.5. The van der Waals surface area contributed by atoms with E-state index in [2.05, 4.69) is 16.0 Å². The van der Waals surface area contributed by atoms with Crippen molar-refractivity contribution in [2.24, 2.45) is 0 Å². The van der Waals surface area contributed by atoms with Crippen LogP contribution in [-0.2, 0) is 0 Å². The highest BCUT2D eigenvalue weighted by Gasteiger charge is 2.19. The number of hydrogen-bond donors (Lipinski definition) is 3. The van der Waals surface area contributed by atoms with Crippen molar-refractivity contribution in [3.05, 3.63) is 71.3 Å². The molecule has 0 aliphatic heterocycles. The molecule has 13 heteroatoms. The van der Waals surface area contributed by atoms with Gasteiger partial charge in [-0.25, -0.2) is 0 Å². The van der Waals surface area contributed by atoms with Crippen LogP contribution in [0.2, 0.25) is 0 Å². The maximum Gasteiger partial charge on any atom is 0.255 e. The number of nitrogens with zero attached hydrogens (tertiary/aromatic N) is 1. The second-order valence-corrected chi connectivity index (χ2v) is 9.73. The van der Waals surface area contributed by atoms with Gasteiger partial charge in [0.2, 0.25) is 0 Å². The fraction of sp³-hybridized carbons (Fsp3) is 0.364. The molecular weight excluding hydrogens is 596 g/mol. The summed E-state index contributed by atoms with van der Waals surface area (Å²) in [6, 6.07) is 15.2. The average molecular weight is 639 g/mol. The van der Waals surface area contributed by atoms with E-state index < -0.39 is 0 Å². The maximum atomic E-state index is 13.0. The van der Waals surface area contributed by atoms with Crippen molar-refractivity contribution in [2.75, 3.05) is 81.9 Å². The lowest BCUT2D eigenvalue weighted by Crippen LogP contribution is -2.43. The minimum atomic E-state index is -0.326. The van der Waals surface area contributed by atoms with Crippen LogP contribution < -0.4 is 44.4 Å². The molecule has 248 valence electrons. The number of amides is 3. The largest absolute Gasteiger partial charge is 0.493 e. The van der Waals surface area contributed by atoms with Crippen LogP contribution >= 0.6 is 0 Å². The van der Waals surface area contributed by atoms with Crippen molar-refractivity contribution < 1.29 is 42.8 Å². The van der Waals surface area contributed by atoms with Gasteiger partial charge >= 0.3 is 0 Å². The van der Waals surface area contributed by atoms with Crippen LogP contribution in [0.25, 0.3) is 0 Å². The molecule has 0 aromatic heterocycles. The summed E-state index contributed by atoms with van der Waals surface area (Å²) in [7, 11) is 8.93. The molecule has 46 heavy (non-hydrogen) atoms. The van der Waals surface area contributed by atoms with Gasteiger partial charge in [0.1, 0.15) is 0 Å². The van der Waals surface area contributed by atoms with E-state index in [4.69, 9.17) is 28.4 Å². The molecule has 13 nitrogen and oxygen atoms in total. The molecule has 0 saturated carbocycles. The summed E-state index contributed by atoms with van der Waals surface area (Å²) in [6.45, 7) is 2.13. The van der Waals surface area contributed by atoms with Crippen molar-refractivity contribution >= 4 is 17.7 Å². The second kappa shape index (κ2) is 18.0. The molecule has 3 N–H and O–H groups in total. The zero-order valence-electron chi connectivity index (χ0n) is 27.1. The zero-order valence-corrected chi connectivity index (χ0v) is 27.1. The number of ether oxygens (including phenoxy) is 6. The number of hydrogen-bond acceptors (Lipinski definition) is 10. The Kier molecular flexibility index (Phi) is 13.8. The Hall–Kier alpha value is -5.17. The van der Waals surface area contributed by atoms with Crippen molar-refractivity contribution in [3.63, 3.8) is 0 Å². The molecule has 0 spiro atoms. The smallest absolute Gasteiger partial charge is 0.255 e. The first-order valence-electron chi connectivity index (χ1n) is 14.5. The van der Waals surface area contributed by atoms with Gasteiger partial charge in [-0.3, -0.25) is 19.3 Å². The number of carbonyl (C=O) groups is 3. The Morgan fingerprint density at radius 2 is 0.761 bits per heavy atom. The van der Waals surface area contributed by atoms with Crippen molar-refractivity contribution in [1.82, 2.24) is 20.9 Å². The normalized spacial score (nSPS) is 10.5. The molecule has 0 atom stereocenters. The van der Waals surface area contributed by atoms with Gasteiger partial charge in [-0.1, -0.05) is 18.2 Å². The fourth-order valence-electron chi connectivity index (χ4n) is 4.80. The van der Waals surface area contributed by atoms with Crippen LogP contribution in [0, 0.1) is 0 Å². The molecule has 0 saturated heterocycles. The summed E-state index contributed by atoms with van der Waals surface area (Å²) in [5.41, 5.74) is 1.02. The van der Waals surface area contributed by atoms with Gasteiger partial charge in [0.05, 0.1) is 59.3 Å². The first-order chi connectivity index (χ1) is 22.3. The molecular formula is C33H42N4O9. The lowest BCUT2D eigenvalue weighted by Gasteiger charge is -2.23. The third kappa shape index (κ3) is 8.94. The SMILES string of the molecule is COc1cccc(C(=O)NCCN(CCNC(=O)c2cccc(OC)c2OC)CCNC(=O)c2cccc(OC)c2OC)c1OC. The number of benzene rings is 3. The predicted octanol–water partition coefficient (Wildman–Crippen LogP) is 2.63. The number of methoxy groups -OCH3 is 6. The van der Waals surface area contributed by atoms with E-state index in [1.54, 1.807) is 54.6 Å². The standard InChI is InChI=1S/C33H42N4O9/c1-41-25-13-7-10-22(28(25)44-4)31(38)34-16-19-37(20-17-35-32(39)23-11-8-14-26(42-2)29(23)45-5)21-18-36-33(40)24-12-9-15-27(43-3)30(24)46-6/h7-15H,16-21H2,1-6H3,(H,34,38)(H,35,39)(H,36,40). The molecule has 3 aromatic carbocycles. The Bertz CT molecular complexity index is 1310. The summed E-state index contributed by atoms with van der Waals surface area (Å²) in [4.78, 5) is 41.0. The van der Waals surface area contributed by atoms with E-state index in [9.17, 15) is 14.4 Å². The number of nitrogens with one attached hydrogen (secondary N) is 3. The minimum absolute atomic E-state index is 0.286. The summed E-state index contributed by atoms with van der Waals surface area (Å²) < 4.78 is 32.1. The van der Waals surface area contributed by atoms with Crippen LogP contribution in [0.3, 0.4) is 0 Å². The van der Waals surface area contributed by atoms with Crippen molar-refractivity contribution in [1.29, 1.82) is 0 Å². The molecule has 3 amide bonds. The van der Waals surface area contributed by atoms with Gasteiger partial charge in [0.25, 0.3) is 17.7 Å². The maximum absolute atomic E-state index is 13.0. The van der Waals surface area contributed by atoms with Gasteiger partial charge in [-0.2, -0.15) is 0 Å². The van der Waals surface area contributed by atoms with E-state index in [1.807, 2.05) is 4.90 Å². The first kappa shape index (κ1) is 35.3. The highest BCUT2D eigenvalue weighted by atomic mass is 16.5. The van der Waals surface area contributed by atoms with E-state index >= 15 is 0 Å². The molecule has 0 aliphatic rings. The predicted molar refractivity (Wildman–Crippen MR) is 172 cm³/mol. The molecule has 0 bridgehead atoms. The number of para-hydroxylation sites is 3. The lowest BCUT2D eigenvalue weighted by atomic mass is 10.1. The highest BCUT2D eigenvalue weighted by molar-refractivity contribution is 5.99. The molecule has 0 radical (unpaired) electrons. The fourth-order valence-corrected chi connectivity index (χ4v) is 4.80. The van der Waals surface area contributed by atoms with Gasteiger partial charge in [-0.15, -0.1) is 0 Å². The zero-order chi connectivity index (χ0) is 33.5. The van der Waals surface area contributed by atoms with E-state index in [0.717, 1.165) is 0 Å². The van der Waals surface area contributed by atoms with Crippen molar-refractivity contribution in [2.45, 2.75) is 0 Å². The van der Waals surface area contributed by atoms with Crippen LogP contribution in [0.4, 0.5) is 0 Å². The molecule has 0 fully saturated rings. The minimum Gasteiger partial charge on any atom is -0.493 e. The van der Waals surface area contributed by atoms with Gasteiger partial charge in [-0.05, 0) is 36.4 Å². The summed E-state index contributed by atoms with van der Waals surface area (Å²) in [5, 5.41) is 8.73. The number of carbonyl (C=O) groups excluding carboxylic acids is 3. The third-order valence-corrected chi connectivity index (χ3v) is 7.08. The molecule has 3 rings (SSSR count). The Morgan fingerprint density at radius 3 is 1.00 bits per heavy atom. The third-order valence-electron chi connectivity index (χ3n) is 7.08. The summed E-state index contributed by atoms with van der Waals surface area (Å²) in [6.07, 6.45) is 0. The van der Waals surface area contributed by atoms with E-state index in [1.165, 1.54) is 42.7 Å². The van der Waals surface area contributed by atoms with Crippen LogP contribution in [0.1, 0.15) is 31.1 Å². The molecule has 3 aromatic rings. The van der Waals surface area contributed by atoms with Crippen molar-refractivity contribution in [3.8, 4) is 34.5 Å². The monoisotopic (exact) mass is 638 g/mol. The molecule has 0 heterocycles.